The van der Waals surface area contributed by atoms with Gasteiger partial charge in [-0.05, 0) is 68.2 Å². The van der Waals surface area contributed by atoms with Crippen molar-refractivity contribution in [2.45, 2.75) is 46.1 Å². The minimum atomic E-state index is -1.13. The van der Waals surface area contributed by atoms with Crippen LogP contribution in [0.2, 0.25) is 0 Å². The number of aliphatic hydroxyl groups is 1. The number of rotatable bonds is 7. The summed E-state index contributed by atoms with van der Waals surface area (Å²) in [7, 11) is 1.63. The standard InChI is InChI=1S/C25H30O2/c1-6-12-19(2)13-10-11-14-21-18-24(27-5)23(17-20(21)3)25(4,26)22-15-8-7-9-16-22/h7-10,13-18,26H,6,12H2,1-5H3/b19-13+. The molecule has 2 nitrogen and oxygen atoms in total. The van der Waals surface area contributed by atoms with Crippen LogP contribution in [-0.4, -0.2) is 12.2 Å². The molecule has 0 heterocycles. The first-order valence-corrected chi connectivity index (χ1v) is 9.45. The van der Waals surface area contributed by atoms with Crippen molar-refractivity contribution in [1.29, 1.82) is 0 Å². The topological polar surface area (TPSA) is 29.5 Å². The quantitative estimate of drug-likeness (QED) is 0.471. The molecule has 2 aromatic rings. The molecule has 0 saturated heterocycles. The van der Waals surface area contributed by atoms with Crippen LogP contribution in [0.25, 0.3) is 6.08 Å². The van der Waals surface area contributed by atoms with E-state index in [0.29, 0.717) is 5.75 Å². The third-order valence-corrected chi connectivity index (χ3v) is 4.80. The number of hydrogen-bond acceptors (Lipinski definition) is 2. The van der Waals surface area contributed by atoms with E-state index in [2.05, 4.69) is 25.7 Å². The molecule has 0 aliphatic carbocycles. The molecule has 0 fully saturated rings. The first-order chi connectivity index (χ1) is 12.9. The van der Waals surface area contributed by atoms with Gasteiger partial charge < -0.3 is 9.84 Å². The molecule has 0 amide bonds. The summed E-state index contributed by atoms with van der Waals surface area (Å²) in [6, 6.07) is 13.6. The van der Waals surface area contributed by atoms with Crippen LogP contribution in [0.15, 0.2) is 65.9 Å². The van der Waals surface area contributed by atoms with Gasteiger partial charge in [0.25, 0.3) is 0 Å². The van der Waals surface area contributed by atoms with Crippen LogP contribution >= 0.6 is 0 Å². The molecule has 0 aliphatic heterocycles. The fraction of sp³-hybridized carbons (Fsp3) is 0.320. The van der Waals surface area contributed by atoms with Crippen molar-refractivity contribution in [3.8, 4) is 5.75 Å². The molecular formula is C25H30O2. The monoisotopic (exact) mass is 362 g/mol. The summed E-state index contributed by atoms with van der Waals surface area (Å²) in [6.45, 7) is 8.15. The molecule has 0 aliphatic rings. The maximum Gasteiger partial charge on any atom is 0.125 e. The summed E-state index contributed by atoms with van der Waals surface area (Å²) in [5.41, 5.74) is 7.13. The highest BCUT2D eigenvalue weighted by Crippen LogP contribution is 2.37. The Hall–Kier alpha value is -2.54. The van der Waals surface area contributed by atoms with Gasteiger partial charge in [-0.25, -0.2) is 0 Å². The van der Waals surface area contributed by atoms with Crippen molar-refractivity contribution in [3.63, 3.8) is 0 Å². The molecule has 0 aromatic heterocycles. The van der Waals surface area contributed by atoms with E-state index in [1.165, 1.54) is 5.57 Å². The van der Waals surface area contributed by atoms with Gasteiger partial charge in [-0.3, -0.25) is 0 Å². The van der Waals surface area contributed by atoms with E-state index in [1.54, 1.807) is 14.0 Å². The lowest BCUT2D eigenvalue weighted by Gasteiger charge is -2.27. The highest BCUT2D eigenvalue weighted by molar-refractivity contribution is 5.60. The second-order valence-corrected chi connectivity index (χ2v) is 7.09. The van der Waals surface area contributed by atoms with Gasteiger partial charge in [-0.2, -0.15) is 0 Å². The molecule has 142 valence electrons. The van der Waals surface area contributed by atoms with E-state index in [9.17, 15) is 5.11 Å². The lowest BCUT2D eigenvalue weighted by atomic mass is 9.86. The Kier molecular flexibility index (Phi) is 7.24. The van der Waals surface area contributed by atoms with Gasteiger partial charge >= 0.3 is 0 Å². The molecule has 1 unspecified atom stereocenters. The second-order valence-electron chi connectivity index (χ2n) is 7.09. The predicted octanol–water partition coefficient (Wildman–Crippen LogP) is 6.17. The molecule has 1 N–H and O–H groups in total. The van der Waals surface area contributed by atoms with E-state index in [1.807, 2.05) is 61.5 Å². The van der Waals surface area contributed by atoms with Gasteiger partial charge in [-0.1, -0.05) is 55.3 Å². The number of allylic oxidation sites excluding steroid dienone is 3. The van der Waals surface area contributed by atoms with Crippen molar-refractivity contribution >= 4 is 6.08 Å². The zero-order chi connectivity index (χ0) is 19.9. The average Bonchev–Trinajstić information content (AvgIpc) is 2.66. The third-order valence-electron chi connectivity index (χ3n) is 4.80. The molecule has 1 atom stereocenters. The van der Waals surface area contributed by atoms with Gasteiger partial charge in [0.1, 0.15) is 11.4 Å². The zero-order valence-corrected chi connectivity index (χ0v) is 17.0. The fourth-order valence-corrected chi connectivity index (χ4v) is 3.13. The van der Waals surface area contributed by atoms with Crippen molar-refractivity contribution < 1.29 is 9.84 Å². The normalized spacial score (nSPS) is 13.5. The van der Waals surface area contributed by atoms with E-state index in [-0.39, 0.29) is 0 Å². The maximum absolute atomic E-state index is 11.2. The first-order valence-electron chi connectivity index (χ1n) is 9.45. The SMILES string of the molecule is CCC/C(C)=C/C=C=Cc1cc(OC)c(C(C)(O)c2ccccc2)cc1C. The van der Waals surface area contributed by atoms with Gasteiger partial charge in [0.15, 0.2) is 0 Å². The second kappa shape index (κ2) is 9.41. The van der Waals surface area contributed by atoms with E-state index in [4.69, 9.17) is 4.74 Å². The number of ether oxygens (including phenoxy) is 1. The van der Waals surface area contributed by atoms with Crippen LogP contribution in [-0.2, 0) is 5.60 Å². The number of hydrogen-bond donors (Lipinski definition) is 1. The van der Waals surface area contributed by atoms with E-state index < -0.39 is 5.60 Å². The molecule has 2 heteroatoms. The van der Waals surface area contributed by atoms with Crippen LogP contribution in [0.1, 0.15) is 55.9 Å². The lowest BCUT2D eigenvalue weighted by molar-refractivity contribution is 0.0989. The highest BCUT2D eigenvalue weighted by Gasteiger charge is 2.29. The van der Waals surface area contributed by atoms with Crippen molar-refractivity contribution in [2.24, 2.45) is 0 Å². The van der Waals surface area contributed by atoms with Gasteiger partial charge in [0.2, 0.25) is 0 Å². The maximum atomic E-state index is 11.2. The average molecular weight is 363 g/mol. The summed E-state index contributed by atoms with van der Waals surface area (Å²) >= 11 is 0. The Morgan fingerprint density at radius 2 is 1.93 bits per heavy atom. The highest BCUT2D eigenvalue weighted by atomic mass is 16.5. The van der Waals surface area contributed by atoms with Gasteiger partial charge in [-0.15, -0.1) is 5.73 Å². The summed E-state index contributed by atoms with van der Waals surface area (Å²) < 4.78 is 5.60. The molecule has 27 heavy (non-hydrogen) atoms. The summed E-state index contributed by atoms with van der Waals surface area (Å²) in [5, 5.41) is 11.2. The molecular weight excluding hydrogens is 332 g/mol. The minimum Gasteiger partial charge on any atom is -0.496 e. The van der Waals surface area contributed by atoms with E-state index >= 15 is 0 Å². The predicted molar refractivity (Wildman–Crippen MR) is 114 cm³/mol. The van der Waals surface area contributed by atoms with Crippen molar-refractivity contribution in [2.75, 3.05) is 7.11 Å². The Bertz CT molecular complexity index is 851. The smallest absolute Gasteiger partial charge is 0.125 e. The largest absolute Gasteiger partial charge is 0.496 e. The Labute approximate surface area is 163 Å². The molecule has 0 bridgehead atoms. The number of benzene rings is 2. The molecule has 0 spiro atoms. The number of methoxy groups -OCH3 is 1. The molecule has 0 radical (unpaired) electrons. The zero-order valence-electron chi connectivity index (χ0n) is 17.0. The summed E-state index contributed by atoms with van der Waals surface area (Å²) in [4.78, 5) is 0. The van der Waals surface area contributed by atoms with Crippen molar-refractivity contribution in [1.82, 2.24) is 0 Å². The fourth-order valence-electron chi connectivity index (χ4n) is 3.13. The van der Waals surface area contributed by atoms with Crippen molar-refractivity contribution in [3.05, 3.63) is 88.2 Å². The number of aryl methyl sites for hydroxylation is 1. The summed E-state index contributed by atoms with van der Waals surface area (Å²) in [5.74, 6) is 0.667. The van der Waals surface area contributed by atoms with Gasteiger partial charge in [0.05, 0.1) is 7.11 Å². The van der Waals surface area contributed by atoms with Crippen LogP contribution in [0.4, 0.5) is 0 Å². The summed E-state index contributed by atoms with van der Waals surface area (Å²) in [6.07, 6.45) is 8.26. The van der Waals surface area contributed by atoms with Gasteiger partial charge in [0, 0.05) is 5.56 Å². The molecule has 0 saturated carbocycles. The lowest BCUT2D eigenvalue weighted by Crippen LogP contribution is -2.23. The van der Waals surface area contributed by atoms with Crippen LogP contribution in [0.5, 0.6) is 5.75 Å². The molecule has 2 rings (SSSR count). The third kappa shape index (κ3) is 5.23. The first kappa shape index (κ1) is 20.8. The Morgan fingerprint density at radius 3 is 2.56 bits per heavy atom. The van der Waals surface area contributed by atoms with Crippen LogP contribution < -0.4 is 4.74 Å². The Balaban J connectivity index is 2.41. The Morgan fingerprint density at radius 1 is 1.22 bits per heavy atom. The minimum absolute atomic E-state index is 0.667. The van der Waals surface area contributed by atoms with E-state index in [0.717, 1.165) is 35.1 Å². The van der Waals surface area contributed by atoms with Crippen LogP contribution in [0.3, 0.4) is 0 Å². The van der Waals surface area contributed by atoms with Crippen LogP contribution in [0, 0.1) is 6.92 Å². The molecule has 2 aromatic carbocycles.